The van der Waals surface area contributed by atoms with E-state index in [1.165, 1.54) is 17.7 Å². The number of benzene rings is 1. The summed E-state index contributed by atoms with van der Waals surface area (Å²) in [6.45, 7) is 0. The predicted molar refractivity (Wildman–Crippen MR) is 68.2 cm³/mol. The standard InChI is InChI=1S/C12H17BrN2/c1-15(2)11-8-9(4-5-10(11)13)12(14)6-3-7-12/h4-5,8H,3,6-7,14H2,1-2H3. The van der Waals surface area contributed by atoms with Crippen LogP contribution < -0.4 is 10.6 Å². The number of hydrogen-bond acceptors (Lipinski definition) is 2. The number of hydrogen-bond donors (Lipinski definition) is 1. The maximum absolute atomic E-state index is 6.31. The van der Waals surface area contributed by atoms with Crippen molar-refractivity contribution in [3.63, 3.8) is 0 Å². The molecule has 0 bridgehead atoms. The Morgan fingerprint density at radius 2 is 2.00 bits per heavy atom. The van der Waals surface area contributed by atoms with E-state index in [4.69, 9.17) is 5.73 Å². The molecule has 82 valence electrons. The summed E-state index contributed by atoms with van der Waals surface area (Å²) in [5, 5.41) is 0. The van der Waals surface area contributed by atoms with E-state index in [2.05, 4.69) is 39.0 Å². The largest absolute Gasteiger partial charge is 0.377 e. The third-order valence-electron chi connectivity index (χ3n) is 3.25. The van der Waals surface area contributed by atoms with Crippen molar-refractivity contribution in [3.8, 4) is 0 Å². The van der Waals surface area contributed by atoms with Gasteiger partial charge in [0, 0.05) is 24.1 Å². The highest BCUT2D eigenvalue weighted by Gasteiger charge is 2.34. The summed E-state index contributed by atoms with van der Waals surface area (Å²) in [5.41, 5.74) is 8.71. The van der Waals surface area contributed by atoms with Crippen LogP contribution in [0.5, 0.6) is 0 Å². The molecular weight excluding hydrogens is 252 g/mol. The Morgan fingerprint density at radius 1 is 1.33 bits per heavy atom. The fourth-order valence-electron chi connectivity index (χ4n) is 2.01. The average Bonchev–Trinajstić information content (AvgIpc) is 2.14. The van der Waals surface area contributed by atoms with Crippen LogP contribution in [0.2, 0.25) is 0 Å². The molecule has 2 rings (SSSR count). The molecule has 1 saturated carbocycles. The molecule has 1 aliphatic rings. The molecule has 0 atom stereocenters. The van der Waals surface area contributed by atoms with Crippen LogP contribution in [0, 0.1) is 0 Å². The van der Waals surface area contributed by atoms with Crippen LogP contribution in [0.4, 0.5) is 5.69 Å². The SMILES string of the molecule is CN(C)c1cc(C2(N)CCC2)ccc1Br. The predicted octanol–water partition coefficient (Wildman–Crippen LogP) is 2.85. The van der Waals surface area contributed by atoms with E-state index in [0.717, 1.165) is 17.3 Å². The normalized spacial score (nSPS) is 18.4. The molecule has 0 radical (unpaired) electrons. The Bertz CT molecular complexity index is 370. The second-order valence-electron chi connectivity index (χ2n) is 4.57. The second kappa shape index (κ2) is 3.80. The van der Waals surface area contributed by atoms with Gasteiger partial charge in [-0.15, -0.1) is 0 Å². The topological polar surface area (TPSA) is 29.3 Å². The van der Waals surface area contributed by atoms with E-state index < -0.39 is 0 Å². The Balaban J connectivity index is 2.38. The van der Waals surface area contributed by atoms with Crippen LogP contribution in [0.3, 0.4) is 0 Å². The first-order valence-electron chi connectivity index (χ1n) is 5.29. The van der Waals surface area contributed by atoms with Gasteiger partial charge in [0.25, 0.3) is 0 Å². The average molecular weight is 269 g/mol. The van der Waals surface area contributed by atoms with Gasteiger partial charge in [-0.05, 0) is 52.9 Å². The molecule has 3 heteroatoms. The minimum atomic E-state index is -0.0640. The van der Waals surface area contributed by atoms with Crippen molar-refractivity contribution in [3.05, 3.63) is 28.2 Å². The van der Waals surface area contributed by atoms with E-state index in [1.807, 2.05) is 14.1 Å². The van der Waals surface area contributed by atoms with Crippen molar-refractivity contribution in [2.75, 3.05) is 19.0 Å². The number of rotatable bonds is 2. The summed E-state index contributed by atoms with van der Waals surface area (Å²) in [6.07, 6.45) is 3.48. The minimum Gasteiger partial charge on any atom is -0.377 e. The summed E-state index contributed by atoms with van der Waals surface area (Å²) in [5.74, 6) is 0. The molecule has 2 N–H and O–H groups in total. The van der Waals surface area contributed by atoms with Gasteiger partial charge in [0.15, 0.2) is 0 Å². The third-order valence-corrected chi connectivity index (χ3v) is 3.92. The number of halogens is 1. The Morgan fingerprint density at radius 3 is 2.47 bits per heavy atom. The Labute approximate surface area is 99.6 Å². The summed E-state index contributed by atoms with van der Waals surface area (Å²) in [7, 11) is 4.10. The first-order chi connectivity index (χ1) is 7.03. The molecule has 0 saturated heterocycles. The number of nitrogens with zero attached hydrogens (tertiary/aromatic N) is 1. The van der Waals surface area contributed by atoms with E-state index >= 15 is 0 Å². The van der Waals surface area contributed by atoms with Crippen molar-refractivity contribution in [1.29, 1.82) is 0 Å². The number of nitrogens with two attached hydrogens (primary N) is 1. The van der Waals surface area contributed by atoms with Crippen molar-refractivity contribution < 1.29 is 0 Å². The maximum Gasteiger partial charge on any atom is 0.0508 e. The highest BCUT2D eigenvalue weighted by molar-refractivity contribution is 9.10. The first-order valence-corrected chi connectivity index (χ1v) is 6.08. The fraction of sp³-hybridized carbons (Fsp3) is 0.500. The molecule has 0 aromatic heterocycles. The number of anilines is 1. The van der Waals surface area contributed by atoms with Gasteiger partial charge in [-0.25, -0.2) is 0 Å². The van der Waals surface area contributed by atoms with Crippen molar-refractivity contribution >= 4 is 21.6 Å². The Kier molecular flexibility index (Phi) is 2.77. The van der Waals surface area contributed by atoms with Crippen molar-refractivity contribution in [2.24, 2.45) is 5.73 Å². The van der Waals surface area contributed by atoms with Gasteiger partial charge in [0.1, 0.15) is 0 Å². The molecule has 0 aliphatic heterocycles. The molecule has 0 amide bonds. The molecule has 2 nitrogen and oxygen atoms in total. The third kappa shape index (κ3) is 1.91. The van der Waals surface area contributed by atoms with E-state index in [-0.39, 0.29) is 5.54 Å². The minimum absolute atomic E-state index is 0.0640. The van der Waals surface area contributed by atoms with E-state index in [0.29, 0.717) is 0 Å². The zero-order chi connectivity index (χ0) is 11.1. The molecular formula is C12H17BrN2. The van der Waals surface area contributed by atoms with E-state index in [1.54, 1.807) is 0 Å². The van der Waals surface area contributed by atoms with Gasteiger partial charge >= 0.3 is 0 Å². The molecule has 0 heterocycles. The lowest BCUT2D eigenvalue weighted by atomic mass is 9.73. The highest BCUT2D eigenvalue weighted by Crippen LogP contribution is 2.40. The molecule has 0 spiro atoms. The summed E-state index contributed by atoms with van der Waals surface area (Å²) < 4.78 is 1.12. The molecule has 1 aromatic rings. The molecule has 1 aromatic carbocycles. The van der Waals surface area contributed by atoms with Crippen LogP contribution in [-0.4, -0.2) is 14.1 Å². The van der Waals surface area contributed by atoms with Crippen LogP contribution in [0.15, 0.2) is 22.7 Å². The molecule has 0 unspecified atom stereocenters. The fourth-order valence-corrected chi connectivity index (χ4v) is 2.61. The lowest BCUT2D eigenvalue weighted by Gasteiger charge is -2.39. The van der Waals surface area contributed by atoms with Gasteiger partial charge in [0.2, 0.25) is 0 Å². The lowest BCUT2D eigenvalue weighted by molar-refractivity contribution is 0.253. The van der Waals surface area contributed by atoms with Crippen molar-refractivity contribution in [2.45, 2.75) is 24.8 Å². The van der Waals surface area contributed by atoms with Crippen LogP contribution in [0.1, 0.15) is 24.8 Å². The summed E-state index contributed by atoms with van der Waals surface area (Å²) in [6, 6.07) is 6.43. The second-order valence-corrected chi connectivity index (χ2v) is 5.42. The van der Waals surface area contributed by atoms with Gasteiger partial charge in [-0.2, -0.15) is 0 Å². The smallest absolute Gasteiger partial charge is 0.0508 e. The van der Waals surface area contributed by atoms with Crippen LogP contribution in [0.25, 0.3) is 0 Å². The van der Waals surface area contributed by atoms with Crippen LogP contribution >= 0.6 is 15.9 Å². The first kappa shape index (κ1) is 11.0. The zero-order valence-corrected chi connectivity index (χ0v) is 10.8. The van der Waals surface area contributed by atoms with Gasteiger partial charge in [-0.1, -0.05) is 6.07 Å². The monoisotopic (exact) mass is 268 g/mol. The van der Waals surface area contributed by atoms with Gasteiger partial charge in [0.05, 0.1) is 5.69 Å². The highest BCUT2D eigenvalue weighted by atomic mass is 79.9. The van der Waals surface area contributed by atoms with Gasteiger partial charge in [-0.3, -0.25) is 0 Å². The zero-order valence-electron chi connectivity index (χ0n) is 9.26. The quantitative estimate of drug-likeness (QED) is 0.894. The van der Waals surface area contributed by atoms with Gasteiger partial charge < -0.3 is 10.6 Å². The van der Waals surface area contributed by atoms with Crippen LogP contribution in [-0.2, 0) is 5.54 Å². The summed E-state index contributed by atoms with van der Waals surface area (Å²) in [4.78, 5) is 2.11. The van der Waals surface area contributed by atoms with E-state index in [9.17, 15) is 0 Å². The Hall–Kier alpha value is -0.540. The summed E-state index contributed by atoms with van der Waals surface area (Å²) >= 11 is 3.56. The molecule has 15 heavy (non-hydrogen) atoms. The lowest BCUT2D eigenvalue weighted by Crippen LogP contribution is -2.43. The molecule has 1 fully saturated rings. The molecule has 1 aliphatic carbocycles. The van der Waals surface area contributed by atoms with Crippen molar-refractivity contribution in [1.82, 2.24) is 0 Å². The maximum atomic E-state index is 6.31.